The van der Waals surface area contributed by atoms with Crippen molar-refractivity contribution in [1.29, 1.82) is 0 Å². The number of benzene rings is 2. The van der Waals surface area contributed by atoms with Crippen LogP contribution in [0.5, 0.6) is 0 Å². The van der Waals surface area contributed by atoms with E-state index in [-0.39, 0.29) is 0 Å². The first-order valence-electron chi connectivity index (χ1n) is 8.68. The van der Waals surface area contributed by atoms with Gasteiger partial charge in [-0.05, 0) is 42.7 Å². The van der Waals surface area contributed by atoms with Crippen LogP contribution in [0.2, 0.25) is 5.02 Å². The number of nitrogens with zero attached hydrogens (tertiary/aromatic N) is 2. The SMILES string of the molecule is CC1Cc2coc3ccc(Cl)c(c23)N(C=Cc2nc3ccccc3s2)C1. The molecule has 0 aliphatic carbocycles. The first-order valence-corrected chi connectivity index (χ1v) is 9.87. The van der Waals surface area contributed by atoms with Gasteiger partial charge in [0.15, 0.2) is 0 Å². The Morgan fingerprint density at radius 2 is 2.15 bits per heavy atom. The minimum Gasteiger partial charge on any atom is -0.464 e. The summed E-state index contributed by atoms with van der Waals surface area (Å²) in [6.07, 6.45) is 7.06. The molecule has 0 bridgehead atoms. The summed E-state index contributed by atoms with van der Waals surface area (Å²) in [6, 6.07) is 12.1. The van der Waals surface area contributed by atoms with Gasteiger partial charge >= 0.3 is 0 Å². The summed E-state index contributed by atoms with van der Waals surface area (Å²) in [5.41, 5.74) is 4.21. The predicted molar refractivity (Wildman–Crippen MR) is 110 cm³/mol. The highest BCUT2D eigenvalue weighted by Crippen LogP contribution is 2.41. The summed E-state index contributed by atoms with van der Waals surface area (Å²) in [7, 11) is 0. The number of anilines is 1. The van der Waals surface area contributed by atoms with Crippen LogP contribution in [0.15, 0.2) is 53.3 Å². The fourth-order valence-corrected chi connectivity index (χ4v) is 4.83. The van der Waals surface area contributed by atoms with Gasteiger partial charge in [-0.3, -0.25) is 0 Å². The van der Waals surface area contributed by atoms with E-state index in [0.29, 0.717) is 5.92 Å². The molecule has 0 saturated carbocycles. The number of hydrogen-bond acceptors (Lipinski definition) is 4. The lowest BCUT2D eigenvalue weighted by Crippen LogP contribution is -2.22. The largest absolute Gasteiger partial charge is 0.464 e. The molecule has 26 heavy (non-hydrogen) atoms. The molecular formula is C21H17ClN2OS. The predicted octanol–water partition coefficient (Wildman–Crippen LogP) is 6.37. The van der Waals surface area contributed by atoms with Crippen LogP contribution < -0.4 is 4.90 Å². The van der Waals surface area contributed by atoms with Crippen molar-refractivity contribution in [3.8, 4) is 0 Å². The van der Waals surface area contributed by atoms with Gasteiger partial charge < -0.3 is 9.32 Å². The van der Waals surface area contributed by atoms with Crippen molar-refractivity contribution in [3.05, 3.63) is 64.5 Å². The van der Waals surface area contributed by atoms with Crippen LogP contribution in [0, 0.1) is 5.92 Å². The molecule has 3 heterocycles. The summed E-state index contributed by atoms with van der Waals surface area (Å²) in [6.45, 7) is 3.17. The zero-order valence-electron chi connectivity index (χ0n) is 14.3. The molecular weight excluding hydrogens is 364 g/mol. The van der Waals surface area contributed by atoms with E-state index >= 15 is 0 Å². The fourth-order valence-electron chi connectivity index (χ4n) is 3.70. The fraction of sp³-hybridized carbons (Fsp3) is 0.190. The van der Waals surface area contributed by atoms with Crippen molar-refractivity contribution in [3.63, 3.8) is 0 Å². The number of halogens is 1. The van der Waals surface area contributed by atoms with E-state index in [1.165, 1.54) is 10.3 Å². The molecule has 3 nitrogen and oxygen atoms in total. The summed E-state index contributed by atoms with van der Waals surface area (Å²) in [4.78, 5) is 6.94. The Bertz CT molecular complexity index is 1110. The van der Waals surface area contributed by atoms with Gasteiger partial charge in [0.05, 0.1) is 27.2 Å². The van der Waals surface area contributed by atoms with Gasteiger partial charge in [0.25, 0.3) is 0 Å². The third kappa shape index (κ3) is 2.61. The van der Waals surface area contributed by atoms with Crippen LogP contribution in [0.1, 0.15) is 17.5 Å². The van der Waals surface area contributed by atoms with Crippen molar-refractivity contribution in [2.75, 3.05) is 11.4 Å². The van der Waals surface area contributed by atoms with Gasteiger partial charge in [0.2, 0.25) is 0 Å². The van der Waals surface area contributed by atoms with Crippen LogP contribution >= 0.6 is 22.9 Å². The van der Waals surface area contributed by atoms with E-state index in [1.54, 1.807) is 11.3 Å². The molecule has 4 aromatic rings. The molecule has 0 spiro atoms. The topological polar surface area (TPSA) is 29.3 Å². The highest BCUT2D eigenvalue weighted by atomic mass is 35.5. The molecule has 1 atom stereocenters. The van der Waals surface area contributed by atoms with Crippen LogP contribution in [-0.4, -0.2) is 11.5 Å². The van der Waals surface area contributed by atoms with Crippen molar-refractivity contribution in [1.82, 2.24) is 4.98 Å². The highest BCUT2D eigenvalue weighted by Gasteiger charge is 2.24. The van der Waals surface area contributed by atoms with Crippen LogP contribution in [0.4, 0.5) is 5.69 Å². The number of rotatable bonds is 2. The number of fused-ring (bicyclic) bond motifs is 1. The number of aromatic nitrogens is 1. The quantitative estimate of drug-likeness (QED) is 0.405. The molecule has 5 heteroatoms. The second-order valence-corrected chi connectivity index (χ2v) is 8.30. The maximum absolute atomic E-state index is 6.60. The average Bonchev–Trinajstić information content (AvgIpc) is 3.19. The Kier molecular flexibility index (Phi) is 3.76. The molecule has 0 amide bonds. The second-order valence-electron chi connectivity index (χ2n) is 6.83. The summed E-state index contributed by atoms with van der Waals surface area (Å²) in [5, 5.41) is 2.89. The van der Waals surface area contributed by atoms with E-state index in [9.17, 15) is 0 Å². The number of furan rings is 1. The molecule has 0 N–H and O–H groups in total. The third-order valence-electron chi connectivity index (χ3n) is 4.81. The maximum atomic E-state index is 6.60. The Hall–Kier alpha value is -2.30. The lowest BCUT2D eigenvalue weighted by molar-refractivity contribution is 0.569. The van der Waals surface area contributed by atoms with Crippen LogP contribution in [-0.2, 0) is 6.42 Å². The second kappa shape index (κ2) is 6.15. The van der Waals surface area contributed by atoms with Crippen molar-refractivity contribution >= 4 is 55.9 Å². The van der Waals surface area contributed by atoms with E-state index < -0.39 is 0 Å². The first-order chi connectivity index (χ1) is 12.7. The smallest absolute Gasteiger partial charge is 0.136 e. The molecule has 1 aliphatic heterocycles. The number of para-hydroxylation sites is 1. The molecule has 0 radical (unpaired) electrons. The minimum absolute atomic E-state index is 0.499. The van der Waals surface area contributed by atoms with Crippen LogP contribution in [0.25, 0.3) is 27.3 Å². The molecule has 0 saturated heterocycles. The summed E-state index contributed by atoms with van der Waals surface area (Å²) in [5.74, 6) is 0.499. The van der Waals surface area contributed by atoms with Gasteiger partial charge in [-0.15, -0.1) is 11.3 Å². The van der Waals surface area contributed by atoms with E-state index in [2.05, 4.69) is 30.2 Å². The van der Waals surface area contributed by atoms with Crippen molar-refractivity contribution in [2.45, 2.75) is 13.3 Å². The number of hydrogen-bond donors (Lipinski definition) is 0. The Morgan fingerprint density at radius 1 is 1.27 bits per heavy atom. The summed E-state index contributed by atoms with van der Waals surface area (Å²) >= 11 is 8.30. The van der Waals surface area contributed by atoms with Gasteiger partial charge in [-0.2, -0.15) is 0 Å². The van der Waals surface area contributed by atoms with Crippen molar-refractivity contribution < 1.29 is 4.42 Å². The molecule has 130 valence electrons. The van der Waals surface area contributed by atoms with Crippen molar-refractivity contribution in [2.24, 2.45) is 5.92 Å². The summed E-state index contributed by atoms with van der Waals surface area (Å²) < 4.78 is 6.95. The lowest BCUT2D eigenvalue weighted by Gasteiger charge is -2.23. The Labute approximate surface area is 160 Å². The average molecular weight is 381 g/mol. The normalized spacial score (nSPS) is 17.5. The third-order valence-corrected chi connectivity index (χ3v) is 6.12. The van der Waals surface area contributed by atoms with Gasteiger partial charge in [0, 0.05) is 23.7 Å². The molecule has 1 unspecified atom stereocenters. The maximum Gasteiger partial charge on any atom is 0.136 e. The van der Waals surface area contributed by atoms with Gasteiger partial charge in [-0.25, -0.2) is 4.98 Å². The van der Waals surface area contributed by atoms with E-state index in [1.807, 2.05) is 36.6 Å². The molecule has 2 aromatic carbocycles. The molecule has 2 aromatic heterocycles. The Balaban J connectivity index is 1.60. The molecule has 0 fully saturated rings. The standard InChI is InChI=1S/C21H17ClN2OS/c1-13-10-14-12-25-17-7-6-15(22)21(20(14)17)24(11-13)9-8-19-23-16-4-2-3-5-18(16)26-19/h2-9,12-13H,10-11H2,1H3. The van der Waals surface area contributed by atoms with Gasteiger partial charge in [-0.1, -0.05) is 30.7 Å². The zero-order valence-corrected chi connectivity index (χ0v) is 15.8. The monoisotopic (exact) mass is 380 g/mol. The highest BCUT2D eigenvalue weighted by molar-refractivity contribution is 7.19. The minimum atomic E-state index is 0.499. The van der Waals surface area contributed by atoms with Crippen LogP contribution in [0.3, 0.4) is 0 Å². The zero-order chi connectivity index (χ0) is 17.7. The molecule has 5 rings (SSSR count). The Morgan fingerprint density at radius 3 is 3.04 bits per heavy atom. The lowest BCUT2D eigenvalue weighted by atomic mass is 10.0. The van der Waals surface area contributed by atoms with E-state index in [4.69, 9.17) is 21.0 Å². The first kappa shape index (κ1) is 15.9. The number of thiazole rings is 1. The van der Waals surface area contributed by atoms with Gasteiger partial charge in [0.1, 0.15) is 10.6 Å². The van der Waals surface area contributed by atoms with E-state index in [0.717, 1.165) is 45.2 Å². The molecule has 1 aliphatic rings.